The van der Waals surface area contributed by atoms with E-state index < -0.39 is 23.1 Å². The largest absolute Gasteiger partial charge is 0.458 e. The van der Waals surface area contributed by atoms with E-state index in [2.05, 4.69) is 0 Å². The van der Waals surface area contributed by atoms with Crippen LogP contribution in [0, 0.1) is 5.41 Å². The van der Waals surface area contributed by atoms with E-state index in [-0.39, 0.29) is 13.0 Å². The number of ether oxygens (including phenoxy) is 2. The molecule has 0 aliphatic carbocycles. The monoisotopic (exact) mass is 293 g/mol. The number of nitrogens with two attached hydrogens (primary N) is 1. The van der Waals surface area contributed by atoms with Crippen LogP contribution in [0.3, 0.4) is 0 Å². The van der Waals surface area contributed by atoms with E-state index in [1.165, 1.54) is 0 Å². The highest BCUT2D eigenvalue weighted by molar-refractivity contribution is 5.83. The molecule has 0 aliphatic heterocycles. The Hall–Kier alpha value is -2.04. The first-order chi connectivity index (χ1) is 9.73. The maximum atomic E-state index is 12.5. The Morgan fingerprint density at radius 2 is 1.71 bits per heavy atom. The number of benzene rings is 1. The molecule has 0 aliphatic rings. The fourth-order valence-electron chi connectivity index (χ4n) is 2.26. The van der Waals surface area contributed by atoms with Crippen molar-refractivity contribution in [2.45, 2.75) is 46.3 Å². The van der Waals surface area contributed by atoms with Gasteiger partial charge < -0.3 is 15.2 Å². The summed E-state index contributed by atoms with van der Waals surface area (Å²) in [7, 11) is 0. The van der Waals surface area contributed by atoms with Crippen molar-refractivity contribution >= 4 is 12.1 Å². The maximum Gasteiger partial charge on any atom is 0.405 e. The zero-order valence-corrected chi connectivity index (χ0v) is 13.0. The molecule has 1 aromatic rings. The fraction of sp³-hybridized carbons (Fsp3) is 0.500. The number of hydrogen-bond acceptors (Lipinski definition) is 4. The van der Waals surface area contributed by atoms with Gasteiger partial charge in [-0.1, -0.05) is 58.0 Å². The quantitative estimate of drug-likeness (QED) is 0.846. The number of carbonyl (C=O) groups is 2. The van der Waals surface area contributed by atoms with Gasteiger partial charge in [-0.3, -0.25) is 0 Å². The van der Waals surface area contributed by atoms with E-state index in [4.69, 9.17) is 15.2 Å². The summed E-state index contributed by atoms with van der Waals surface area (Å²) in [6.07, 6.45) is -0.698. The average molecular weight is 293 g/mol. The number of rotatable bonds is 5. The predicted molar refractivity (Wildman–Crippen MR) is 79.4 cm³/mol. The van der Waals surface area contributed by atoms with Gasteiger partial charge >= 0.3 is 12.1 Å². The second kappa shape index (κ2) is 6.61. The smallest absolute Gasteiger partial charge is 0.405 e. The van der Waals surface area contributed by atoms with Gasteiger partial charge in [0.05, 0.1) is 0 Å². The third kappa shape index (κ3) is 3.97. The highest BCUT2D eigenvalue weighted by Crippen LogP contribution is 2.38. The summed E-state index contributed by atoms with van der Waals surface area (Å²) >= 11 is 0. The van der Waals surface area contributed by atoms with Gasteiger partial charge in [0.1, 0.15) is 6.61 Å². The average Bonchev–Trinajstić information content (AvgIpc) is 2.41. The Bertz CT molecular complexity index is 493. The van der Waals surface area contributed by atoms with Gasteiger partial charge in [-0.15, -0.1) is 0 Å². The number of carbonyl (C=O) groups excluding carboxylic acids is 2. The SMILES string of the molecule is CCC(OC(N)=O)(C(=O)OCc1ccccc1)C(C)(C)C. The van der Waals surface area contributed by atoms with E-state index in [9.17, 15) is 9.59 Å². The van der Waals surface area contributed by atoms with Crippen molar-refractivity contribution in [1.82, 2.24) is 0 Å². The molecular weight excluding hydrogens is 270 g/mol. The third-order valence-corrected chi connectivity index (χ3v) is 3.53. The lowest BCUT2D eigenvalue weighted by molar-refractivity contribution is -0.180. The third-order valence-electron chi connectivity index (χ3n) is 3.53. The minimum atomic E-state index is -1.40. The first-order valence-electron chi connectivity index (χ1n) is 6.92. The highest BCUT2D eigenvalue weighted by Gasteiger charge is 2.52. The van der Waals surface area contributed by atoms with Crippen LogP contribution in [0.2, 0.25) is 0 Å². The minimum Gasteiger partial charge on any atom is -0.458 e. The molecule has 5 heteroatoms. The molecule has 0 aromatic heterocycles. The van der Waals surface area contributed by atoms with Crippen LogP contribution in [0.25, 0.3) is 0 Å². The molecule has 1 atom stereocenters. The lowest BCUT2D eigenvalue weighted by Crippen LogP contribution is -2.54. The van der Waals surface area contributed by atoms with Crippen LogP contribution >= 0.6 is 0 Å². The summed E-state index contributed by atoms with van der Waals surface area (Å²) in [5, 5.41) is 0. The number of primary amides is 1. The van der Waals surface area contributed by atoms with Gasteiger partial charge in [0, 0.05) is 5.41 Å². The highest BCUT2D eigenvalue weighted by atomic mass is 16.6. The maximum absolute atomic E-state index is 12.5. The molecule has 116 valence electrons. The second-order valence-corrected chi connectivity index (χ2v) is 5.91. The van der Waals surface area contributed by atoms with E-state index in [0.717, 1.165) is 5.56 Å². The first-order valence-corrected chi connectivity index (χ1v) is 6.92. The Labute approximate surface area is 125 Å². The lowest BCUT2D eigenvalue weighted by atomic mass is 9.74. The van der Waals surface area contributed by atoms with Gasteiger partial charge in [-0.2, -0.15) is 0 Å². The summed E-state index contributed by atoms with van der Waals surface area (Å²) in [6, 6.07) is 9.31. The standard InChI is InChI=1S/C16H23NO4/c1-5-16(15(2,3)4,21-14(17)19)13(18)20-11-12-9-7-6-8-10-12/h6-10H,5,11H2,1-4H3,(H2,17,19). The Morgan fingerprint density at radius 3 is 2.14 bits per heavy atom. The summed E-state index contributed by atoms with van der Waals surface area (Å²) in [6.45, 7) is 7.31. The zero-order valence-electron chi connectivity index (χ0n) is 13.0. The normalized spacial score (nSPS) is 14.1. The predicted octanol–water partition coefficient (Wildman–Crippen LogP) is 3.02. The second-order valence-electron chi connectivity index (χ2n) is 5.91. The van der Waals surface area contributed by atoms with Crippen LogP contribution in [0.15, 0.2) is 30.3 Å². The molecule has 0 radical (unpaired) electrons. The van der Waals surface area contributed by atoms with E-state index in [0.29, 0.717) is 0 Å². The summed E-state index contributed by atoms with van der Waals surface area (Å²) in [5.74, 6) is -0.583. The molecule has 1 amide bonds. The van der Waals surface area contributed by atoms with E-state index >= 15 is 0 Å². The number of esters is 1. The molecule has 21 heavy (non-hydrogen) atoms. The molecule has 1 aromatic carbocycles. The van der Waals surface area contributed by atoms with Crippen molar-refractivity contribution in [2.75, 3.05) is 0 Å². The summed E-state index contributed by atoms with van der Waals surface area (Å²) < 4.78 is 10.5. The minimum absolute atomic E-state index is 0.125. The topological polar surface area (TPSA) is 78.6 Å². The Kier molecular flexibility index (Phi) is 5.35. The van der Waals surface area contributed by atoms with Crippen LogP contribution < -0.4 is 5.73 Å². The van der Waals surface area contributed by atoms with Gasteiger partial charge in [-0.05, 0) is 12.0 Å². The fourth-order valence-corrected chi connectivity index (χ4v) is 2.26. The zero-order chi connectivity index (χ0) is 16.1. The summed E-state index contributed by atoms with van der Waals surface area (Å²) in [5.41, 5.74) is 3.96. The van der Waals surface area contributed by atoms with Crippen LogP contribution in [-0.2, 0) is 20.9 Å². The van der Waals surface area contributed by atoms with Crippen molar-refractivity contribution < 1.29 is 19.1 Å². The van der Waals surface area contributed by atoms with Crippen molar-refractivity contribution in [3.8, 4) is 0 Å². The molecule has 0 saturated carbocycles. The first kappa shape index (κ1) is 17.0. The molecule has 0 bridgehead atoms. The Morgan fingerprint density at radius 1 is 1.14 bits per heavy atom. The molecule has 1 unspecified atom stereocenters. The van der Waals surface area contributed by atoms with Crippen LogP contribution in [0.1, 0.15) is 39.7 Å². The lowest BCUT2D eigenvalue weighted by Gasteiger charge is -2.40. The van der Waals surface area contributed by atoms with Gasteiger partial charge in [0.25, 0.3) is 0 Å². The Balaban J connectivity index is 2.92. The van der Waals surface area contributed by atoms with Gasteiger partial charge in [0.15, 0.2) is 0 Å². The van der Waals surface area contributed by atoms with Crippen molar-refractivity contribution in [2.24, 2.45) is 11.1 Å². The van der Waals surface area contributed by atoms with Crippen LogP contribution in [0.5, 0.6) is 0 Å². The van der Waals surface area contributed by atoms with Gasteiger partial charge in [0.2, 0.25) is 5.60 Å². The molecule has 0 fully saturated rings. The number of amides is 1. The molecular formula is C16H23NO4. The van der Waals surface area contributed by atoms with Crippen molar-refractivity contribution in [3.05, 3.63) is 35.9 Å². The number of hydrogen-bond donors (Lipinski definition) is 1. The molecule has 2 N–H and O–H groups in total. The van der Waals surface area contributed by atoms with Crippen LogP contribution in [-0.4, -0.2) is 17.7 Å². The molecule has 0 spiro atoms. The van der Waals surface area contributed by atoms with Crippen molar-refractivity contribution in [1.29, 1.82) is 0 Å². The van der Waals surface area contributed by atoms with E-state index in [1.54, 1.807) is 6.92 Å². The van der Waals surface area contributed by atoms with Crippen molar-refractivity contribution in [3.63, 3.8) is 0 Å². The molecule has 0 saturated heterocycles. The van der Waals surface area contributed by atoms with E-state index in [1.807, 2.05) is 51.1 Å². The molecule has 1 rings (SSSR count). The summed E-state index contributed by atoms with van der Waals surface area (Å²) in [4.78, 5) is 23.7. The van der Waals surface area contributed by atoms with Gasteiger partial charge in [-0.25, -0.2) is 9.59 Å². The molecule has 5 nitrogen and oxygen atoms in total. The molecule has 0 heterocycles. The van der Waals surface area contributed by atoms with Crippen LogP contribution in [0.4, 0.5) is 4.79 Å².